The number of aromatic nitrogens is 1. The first kappa shape index (κ1) is 18.7. The van der Waals surface area contributed by atoms with Gasteiger partial charge in [-0.25, -0.2) is 0 Å². The molecule has 1 saturated heterocycles. The number of aliphatic imine (C=N–C) groups is 1. The molecule has 1 aromatic heterocycles. The largest absolute Gasteiger partial charge is 0.381 e. The molecule has 1 N–H and O–H groups in total. The third-order valence-corrected chi connectivity index (χ3v) is 4.61. The third-order valence-electron chi connectivity index (χ3n) is 4.61. The Labute approximate surface area is 146 Å². The van der Waals surface area contributed by atoms with E-state index >= 15 is 0 Å². The van der Waals surface area contributed by atoms with Crippen LogP contribution < -0.4 is 5.32 Å². The number of pyridine rings is 1. The lowest BCUT2D eigenvalue weighted by atomic mass is 9.89. The molecule has 0 aliphatic carbocycles. The molecule has 5 nitrogen and oxygen atoms in total. The second-order valence-corrected chi connectivity index (χ2v) is 6.94. The minimum atomic E-state index is 0.385. The van der Waals surface area contributed by atoms with Crippen LogP contribution in [0.2, 0.25) is 0 Å². The van der Waals surface area contributed by atoms with Crippen LogP contribution in [0.4, 0.5) is 0 Å². The quantitative estimate of drug-likeness (QED) is 0.616. The summed E-state index contributed by atoms with van der Waals surface area (Å²) in [6.07, 6.45) is 4.94. The second kappa shape index (κ2) is 9.62. The summed E-state index contributed by atoms with van der Waals surface area (Å²) in [5.41, 5.74) is 1.26. The number of ether oxygens (including phenoxy) is 1. The Kier molecular flexibility index (Phi) is 7.50. The van der Waals surface area contributed by atoms with E-state index in [0.717, 1.165) is 45.2 Å². The Morgan fingerprint density at radius 2 is 2.33 bits per heavy atom. The topological polar surface area (TPSA) is 49.8 Å². The average Bonchev–Trinajstić information content (AvgIpc) is 3.07. The van der Waals surface area contributed by atoms with Gasteiger partial charge in [0.1, 0.15) is 0 Å². The number of hydrogen-bond acceptors (Lipinski definition) is 3. The first-order valence-corrected chi connectivity index (χ1v) is 9.09. The van der Waals surface area contributed by atoms with E-state index in [1.165, 1.54) is 5.56 Å². The number of nitrogens with zero attached hydrogens (tertiary/aromatic N) is 3. The van der Waals surface area contributed by atoms with Crippen LogP contribution in [0, 0.1) is 11.8 Å². The van der Waals surface area contributed by atoms with Gasteiger partial charge in [-0.2, -0.15) is 0 Å². The predicted octanol–water partition coefficient (Wildman–Crippen LogP) is 2.76. The summed E-state index contributed by atoms with van der Waals surface area (Å²) in [6, 6.07) is 4.16. The van der Waals surface area contributed by atoms with Crippen LogP contribution in [0.15, 0.2) is 29.5 Å². The molecule has 2 unspecified atom stereocenters. The summed E-state index contributed by atoms with van der Waals surface area (Å²) in [4.78, 5) is 11.4. The molecule has 5 heteroatoms. The second-order valence-electron chi connectivity index (χ2n) is 6.94. The van der Waals surface area contributed by atoms with Gasteiger partial charge in [0.05, 0.1) is 6.61 Å². The van der Waals surface area contributed by atoms with E-state index in [-0.39, 0.29) is 0 Å². The van der Waals surface area contributed by atoms with Gasteiger partial charge in [-0.05, 0) is 30.9 Å². The fourth-order valence-corrected chi connectivity index (χ4v) is 3.15. The molecule has 2 heterocycles. The van der Waals surface area contributed by atoms with Gasteiger partial charge in [-0.3, -0.25) is 9.98 Å². The van der Waals surface area contributed by atoms with Crippen molar-refractivity contribution in [3.63, 3.8) is 0 Å². The number of nitrogens with one attached hydrogen (secondary N) is 1. The maximum atomic E-state index is 5.49. The van der Waals surface area contributed by atoms with Crippen molar-refractivity contribution in [2.75, 3.05) is 39.9 Å². The predicted molar refractivity (Wildman–Crippen MR) is 99.4 cm³/mol. The van der Waals surface area contributed by atoms with Gasteiger partial charge in [-0.15, -0.1) is 0 Å². The highest BCUT2D eigenvalue weighted by atomic mass is 16.5. The summed E-state index contributed by atoms with van der Waals surface area (Å²) in [5.74, 6) is 2.50. The Hall–Kier alpha value is -1.62. The molecule has 1 aliphatic rings. The third kappa shape index (κ3) is 5.48. The van der Waals surface area contributed by atoms with Crippen LogP contribution in [-0.4, -0.2) is 55.7 Å². The number of rotatable bonds is 7. The lowest BCUT2D eigenvalue weighted by Crippen LogP contribution is -2.41. The highest BCUT2D eigenvalue weighted by Gasteiger charge is 2.20. The lowest BCUT2D eigenvalue weighted by Gasteiger charge is -2.26. The van der Waals surface area contributed by atoms with Gasteiger partial charge >= 0.3 is 0 Å². The van der Waals surface area contributed by atoms with E-state index in [2.05, 4.69) is 49.1 Å². The number of hydrogen-bond donors (Lipinski definition) is 1. The molecule has 1 fully saturated rings. The lowest BCUT2D eigenvalue weighted by molar-refractivity contribution is 0.181. The van der Waals surface area contributed by atoms with Gasteiger partial charge in [0, 0.05) is 57.5 Å². The SMILES string of the molecule is CCNC(=NCC(c1cccnc1)C(C)C)N(C)CC1CCOC1. The summed E-state index contributed by atoms with van der Waals surface area (Å²) in [6.45, 7) is 11.0. The van der Waals surface area contributed by atoms with E-state index in [1.807, 2.05) is 18.5 Å². The van der Waals surface area contributed by atoms with Crippen molar-refractivity contribution in [3.05, 3.63) is 30.1 Å². The molecule has 0 aromatic carbocycles. The highest BCUT2D eigenvalue weighted by Crippen LogP contribution is 2.24. The molecule has 0 radical (unpaired) electrons. The molecule has 134 valence electrons. The van der Waals surface area contributed by atoms with Gasteiger partial charge in [0.25, 0.3) is 0 Å². The average molecular weight is 332 g/mol. The van der Waals surface area contributed by atoms with Gasteiger partial charge < -0.3 is 15.0 Å². The smallest absolute Gasteiger partial charge is 0.193 e. The van der Waals surface area contributed by atoms with Gasteiger partial charge in [-0.1, -0.05) is 19.9 Å². The zero-order chi connectivity index (χ0) is 17.4. The molecule has 0 spiro atoms. The maximum Gasteiger partial charge on any atom is 0.193 e. The van der Waals surface area contributed by atoms with Crippen molar-refractivity contribution < 1.29 is 4.74 Å². The van der Waals surface area contributed by atoms with Crippen molar-refractivity contribution in [2.45, 2.75) is 33.1 Å². The molecule has 2 rings (SSSR count). The van der Waals surface area contributed by atoms with Crippen LogP contribution in [0.1, 0.15) is 38.7 Å². The van der Waals surface area contributed by atoms with Crippen molar-refractivity contribution in [3.8, 4) is 0 Å². The number of guanidine groups is 1. The van der Waals surface area contributed by atoms with Crippen LogP contribution >= 0.6 is 0 Å². The zero-order valence-electron chi connectivity index (χ0n) is 15.5. The van der Waals surface area contributed by atoms with Crippen LogP contribution in [0.25, 0.3) is 0 Å². The standard InChI is InChI=1S/C19H32N4O/c1-5-21-19(23(4)13-16-8-10-24-14-16)22-12-18(15(2)3)17-7-6-9-20-11-17/h6-7,9,11,15-16,18H,5,8,10,12-14H2,1-4H3,(H,21,22). The molecule has 2 atom stereocenters. The molecule has 0 bridgehead atoms. The van der Waals surface area contributed by atoms with Crippen LogP contribution in [-0.2, 0) is 4.74 Å². The molecule has 0 saturated carbocycles. The Morgan fingerprint density at radius 1 is 1.50 bits per heavy atom. The Balaban J connectivity index is 2.04. The maximum absolute atomic E-state index is 5.49. The monoisotopic (exact) mass is 332 g/mol. The summed E-state index contributed by atoms with van der Waals surface area (Å²) >= 11 is 0. The first-order valence-electron chi connectivity index (χ1n) is 9.09. The fraction of sp³-hybridized carbons (Fsp3) is 0.684. The highest BCUT2D eigenvalue weighted by molar-refractivity contribution is 5.79. The summed E-state index contributed by atoms with van der Waals surface area (Å²) < 4.78 is 5.49. The molecule has 24 heavy (non-hydrogen) atoms. The van der Waals surface area contributed by atoms with Gasteiger partial charge in [0.15, 0.2) is 5.96 Å². The van der Waals surface area contributed by atoms with Crippen molar-refractivity contribution >= 4 is 5.96 Å². The van der Waals surface area contributed by atoms with Crippen LogP contribution in [0.5, 0.6) is 0 Å². The minimum absolute atomic E-state index is 0.385. The zero-order valence-corrected chi connectivity index (χ0v) is 15.5. The summed E-state index contributed by atoms with van der Waals surface area (Å²) in [7, 11) is 2.12. The van der Waals surface area contributed by atoms with E-state index in [4.69, 9.17) is 9.73 Å². The van der Waals surface area contributed by atoms with Crippen LogP contribution in [0.3, 0.4) is 0 Å². The Morgan fingerprint density at radius 3 is 2.92 bits per heavy atom. The fourth-order valence-electron chi connectivity index (χ4n) is 3.15. The Bertz CT molecular complexity index is 497. The molecular formula is C19H32N4O. The molecular weight excluding hydrogens is 300 g/mol. The van der Waals surface area contributed by atoms with Gasteiger partial charge in [0.2, 0.25) is 0 Å². The molecule has 1 aromatic rings. The van der Waals surface area contributed by atoms with Crippen molar-refractivity contribution in [1.82, 2.24) is 15.2 Å². The van der Waals surface area contributed by atoms with E-state index in [1.54, 1.807) is 0 Å². The minimum Gasteiger partial charge on any atom is -0.381 e. The molecule has 1 aliphatic heterocycles. The van der Waals surface area contributed by atoms with E-state index in [0.29, 0.717) is 17.8 Å². The first-order chi connectivity index (χ1) is 11.6. The van der Waals surface area contributed by atoms with E-state index in [9.17, 15) is 0 Å². The van der Waals surface area contributed by atoms with Crippen molar-refractivity contribution in [2.24, 2.45) is 16.8 Å². The normalized spacial score (nSPS) is 19.5. The molecule has 0 amide bonds. The summed E-state index contributed by atoms with van der Waals surface area (Å²) in [5, 5.41) is 3.42. The van der Waals surface area contributed by atoms with E-state index < -0.39 is 0 Å². The van der Waals surface area contributed by atoms with Crippen molar-refractivity contribution in [1.29, 1.82) is 0 Å².